The molecule has 0 aliphatic carbocycles. The highest BCUT2D eigenvalue weighted by Crippen LogP contribution is 2.18. The van der Waals surface area contributed by atoms with E-state index in [1.807, 2.05) is 6.07 Å². The molecule has 0 aliphatic rings. The molecule has 0 aliphatic heterocycles. The summed E-state index contributed by atoms with van der Waals surface area (Å²) >= 11 is 0. The molecule has 4 nitrogen and oxygen atoms in total. The Bertz CT molecular complexity index is 655. The summed E-state index contributed by atoms with van der Waals surface area (Å²) in [6, 6.07) is 5.70. The van der Waals surface area contributed by atoms with Crippen LogP contribution in [0, 0.1) is 17.1 Å². The summed E-state index contributed by atoms with van der Waals surface area (Å²) in [5.41, 5.74) is 1.27. The first-order chi connectivity index (χ1) is 9.40. The number of imidazole rings is 1. The van der Waals surface area contributed by atoms with Gasteiger partial charge >= 0.3 is 0 Å². The average Bonchev–Trinajstić information content (AvgIpc) is 2.75. The van der Waals surface area contributed by atoms with Crippen LogP contribution in [0.25, 0.3) is 11.0 Å². The molecule has 0 amide bonds. The number of hydrogen-bond donors (Lipinski definition) is 0. The highest BCUT2D eigenvalue weighted by Gasteiger charge is 2.13. The van der Waals surface area contributed by atoms with Crippen LogP contribution in [-0.4, -0.2) is 24.2 Å². The number of ether oxygens (including phenoxy) is 1. The number of rotatable bonds is 5. The summed E-state index contributed by atoms with van der Waals surface area (Å²) in [5.74, 6) is -0.524. The van der Waals surface area contributed by atoms with Gasteiger partial charge in [-0.3, -0.25) is 0 Å². The largest absolute Gasteiger partial charge is 0.361 e. The van der Waals surface area contributed by atoms with Crippen molar-refractivity contribution < 1.29 is 9.13 Å². The lowest BCUT2D eigenvalue weighted by atomic mass is 10.2. The van der Waals surface area contributed by atoms with Crippen molar-refractivity contribution in [2.75, 3.05) is 6.61 Å². The fourth-order valence-corrected chi connectivity index (χ4v) is 2.57. The normalized spacial score (nSPS) is 11.8. The third-order valence-corrected chi connectivity index (χ3v) is 4.76. The van der Waals surface area contributed by atoms with Crippen molar-refractivity contribution >= 4 is 19.1 Å². The van der Waals surface area contributed by atoms with Gasteiger partial charge in [-0.1, -0.05) is 19.6 Å². The number of nitriles is 1. The summed E-state index contributed by atoms with van der Waals surface area (Å²) in [6.45, 7) is 7.94. The van der Waals surface area contributed by atoms with Crippen LogP contribution < -0.4 is 0 Å². The second-order valence-electron chi connectivity index (χ2n) is 5.99. The van der Waals surface area contributed by atoms with E-state index in [2.05, 4.69) is 24.6 Å². The molecule has 1 heterocycles. The van der Waals surface area contributed by atoms with Crippen LogP contribution in [0.5, 0.6) is 0 Å². The van der Waals surface area contributed by atoms with Gasteiger partial charge in [-0.25, -0.2) is 9.37 Å². The maximum Gasteiger partial charge on any atom is 0.143 e. The minimum absolute atomic E-state index is 0.0161. The monoisotopic (exact) mass is 291 g/mol. The Morgan fingerprint density at radius 1 is 1.40 bits per heavy atom. The van der Waals surface area contributed by atoms with E-state index in [1.54, 1.807) is 10.9 Å². The van der Waals surface area contributed by atoms with Crippen LogP contribution in [-0.2, 0) is 11.5 Å². The van der Waals surface area contributed by atoms with Crippen molar-refractivity contribution in [2.45, 2.75) is 32.4 Å². The van der Waals surface area contributed by atoms with E-state index in [1.165, 1.54) is 12.1 Å². The maximum atomic E-state index is 13.6. The molecule has 0 unspecified atom stereocenters. The molecule has 0 saturated heterocycles. The van der Waals surface area contributed by atoms with Crippen molar-refractivity contribution in [3.63, 3.8) is 0 Å². The fourth-order valence-electron chi connectivity index (χ4n) is 1.81. The molecule has 106 valence electrons. The lowest BCUT2D eigenvalue weighted by molar-refractivity contribution is 0.0898. The SMILES string of the molecule is C[Si](C)(C)CCOCn1cnc2cc(C#N)c(F)cc21. The molecule has 0 radical (unpaired) electrons. The Morgan fingerprint density at radius 2 is 2.15 bits per heavy atom. The van der Waals surface area contributed by atoms with Gasteiger partial charge < -0.3 is 9.30 Å². The number of benzene rings is 1. The summed E-state index contributed by atoms with van der Waals surface area (Å²) in [5, 5.41) is 8.79. The van der Waals surface area contributed by atoms with Gasteiger partial charge in [0.15, 0.2) is 0 Å². The first-order valence-electron chi connectivity index (χ1n) is 6.53. The van der Waals surface area contributed by atoms with E-state index in [4.69, 9.17) is 10.00 Å². The van der Waals surface area contributed by atoms with Gasteiger partial charge in [0, 0.05) is 20.7 Å². The summed E-state index contributed by atoms with van der Waals surface area (Å²) in [4.78, 5) is 4.17. The average molecular weight is 291 g/mol. The van der Waals surface area contributed by atoms with Gasteiger partial charge in [0.1, 0.15) is 18.6 Å². The van der Waals surface area contributed by atoms with Gasteiger partial charge in [0.2, 0.25) is 0 Å². The van der Waals surface area contributed by atoms with E-state index in [0.717, 1.165) is 6.04 Å². The maximum absolute atomic E-state index is 13.6. The van der Waals surface area contributed by atoms with E-state index >= 15 is 0 Å². The first kappa shape index (κ1) is 14.7. The van der Waals surface area contributed by atoms with Crippen LogP contribution >= 0.6 is 0 Å². The smallest absolute Gasteiger partial charge is 0.143 e. The van der Waals surface area contributed by atoms with E-state index in [9.17, 15) is 4.39 Å². The second-order valence-corrected chi connectivity index (χ2v) is 11.6. The molecular formula is C14H18FN3OSi. The van der Waals surface area contributed by atoms with Gasteiger partial charge in [-0.15, -0.1) is 0 Å². The number of fused-ring (bicyclic) bond motifs is 1. The van der Waals surface area contributed by atoms with Crippen LogP contribution in [0.1, 0.15) is 5.56 Å². The molecule has 1 aromatic carbocycles. The summed E-state index contributed by atoms with van der Waals surface area (Å²) in [7, 11) is -1.10. The highest BCUT2D eigenvalue weighted by molar-refractivity contribution is 6.76. The quantitative estimate of drug-likeness (QED) is 0.627. The fraction of sp³-hybridized carbons (Fsp3) is 0.429. The lowest BCUT2D eigenvalue weighted by Crippen LogP contribution is -2.21. The number of nitrogens with zero attached hydrogens (tertiary/aromatic N) is 3. The number of halogens is 1. The minimum atomic E-state index is -1.10. The van der Waals surface area contributed by atoms with Crippen LogP contribution in [0.15, 0.2) is 18.5 Å². The Labute approximate surface area is 118 Å². The van der Waals surface area contributed by atoms with Crippen LogP contribution in [0.3, 0.4) is 0 Å². The third kappa shape index (κ3) is 3.44. The molecule has 1 aromatic heterocycles. The van der Waals surface area contributed by atoms with E-state index in [-0.39, 0.29) is 5.56 Å². The van der Waals surface area contributed by atoms with Crippen molar-refractivity contribution in [1.82, 2.24) is 9.55 Å². The molecule has 2 aromatic rings. The molecular weight excluding hydrogens is 273 g/mol. The summed E-state index contributed by atoms with van der Waals surface area (Å²) < 4.78 is 21.0. The standard InChI is InChI=1S/C14H18FN3OSi/c1-20(2,3)5-4-19-10-18-9-17-13-6-11(8-16)12(15)7-14(13)18/h6-7,9H,4-5,10H2,1-3H3. The molecule has 6 heteroatoms. The molecule has 2 rings (SSSR count). The third-order valence-electron chi connectivity index (χ3n) is 3.06. The zero-order chi connectivity index (χ0) is 14.8. The van der Waals surface area contributed by atoms with Crippen molar-refractivity contribution in [3.05, 3.63) is 29.8 Å². The van der Waals surface area contributed by atoms with Gasteiger partial charge in [-0.2, -0.15) is 5.26 Å². The summed E-state index contributed by atoms with van der Waals surface area (Å²) in [6.07, 6.45) is 1.61. The zero-order valence-corrected chi connectivity index (χ0v) is 13.0. The molecule has 0 bridgehead atoms. The Kier molecular flexibility index (Phi) is 4.21. The zero-order valence-electron chi connectivity index (χ0n) is 12.0. The minimum Gasteiger partial charge on any atom is -0.361 e. The van der Waals surface area contributed by atoms with Crippen molar-refractivity contribution in [1.29, 1.82) is 5.26 Å². The Hall–Kier alpha value is -1.71. The lowest BCUT2D eigenvalue weighted by Gasteiger charge is -2.15. The molecule has 0 atom stereocenters. The molecule has 0 N–H and O–H groups in total. The van der Waals surface area contributed by atoms with Crippen LogP contribution in [0.4, 0.5) is 4.39 Å². The topological polar surface area (TPSA) is 50.8 Å². The van der Waals surface area contributed by atoms with E-state index in [0.29, 0.717) is 24.4 Å². The predicted octanol–water partition coefficient (Wildman–Crippen LogP) is 3.36. The molecule has 0 spiro atoms. The van der Waals surface area contributed by atoms with Gasteiger partial charge in [0.25, 0.3) is 0 Å². The van der Waals surface area contributed by atoms with E-state index < -0.39 is 13.9 Å². The molecule has 0 saturated carbocycles. The molecule has 0 fully saturated rings. The second kappa shape index (κ2) is 5.73. The van der Waals surface area contributed by atoms with Crippen LogP contribution in [0.2, 0.25) is 25.7 Å². The molecule has 20 heavy (non-hydrogen) atoms. The number of aromatic nitrogens is 2. The Balaban J connectivity index is 2.08. The highest BCUT2D eigenvalue weighted by atomic mass is 28.3. The number of hydrogen-bond acceptors (Lipinski definition) is 3. The van der Waals surface area contributed by atoms with Crippen molar-refractivity contribution in [2.24, 2.45) is 0 Å². The first-order valence-corrected chi connectivity index (χ1v) is 10.2. The Morgan fingerprint density at radius 3 is 2.80 bits per heavy atom. The van der Waals surface area contributed by atoms with Gasteiger partial charge in [0.05, 0.1) is 22.9 Å². The van der Waals surface area contributed by atoms with Crippen molar-refractivity contribution in [3.8, 4) is 6.07 Å². The predicted molar refractivity (Wildman–Crippen MR) is 78.5 cm³/mol. The van der Waals surface area contributed by atoms with Gasteiger partial charge in [-0.05, 0) is 12.1 Å².